The van der Waals surface area contributed by atoms with Crippen LogP contribution in [0.15, 0.2) is 18.2 Å². The van der Waals surface area contributed by atoms with Crippen molar-refractivity contribution in [3.63, 3.8) is 0 Å². The van der Waals surface area contributed by atoms with E-state index in [1.54, 1.807) is 24.1 Å². The van der Waals surface area contributed by atoms with E-state index >= 15 is 0 Å². The van der Waals surface area contributed by atoms with Crippen molar-refractivity contribution in [2.45, 2.75) is 13.1 Å². The van der Waals surface area contributed by atoms with Crippen molar-refractivity contribution < 1.29 is 9.18 Å². The van der Waals surface area contributed by atoms with Crippen molar-refractivity contribution in [1.29, 1.82) is 0 Å². The summed E-state index contributed by atoms with van der Waals surface area (Å²) >= 11 is 0. The molecule has 0 atom stereocenters. The number of amides is 1. The summed E-state index contributed by atoms with van der Waals surface area (Å²) in [5.41, 5.74) is 11.7. The molecule has 1 amide bonds. The minimum Gasteiger partial charge on any atom is -0.369 e. The second-order valence-electron chi connectivity index (χ2n) is 3.77. The van der Waals surface area contributed by atoms with Crippen molar-refractivity contribution in [1.82, 2.24) is 4.90 Å². The number of rotatable bonds is 5. The normalized spacial score (nSPS) is 10.8. The van der Waals surface area contributed by atoms with Gasteiger partial charge in [-0.3, -0.25) is 9.69 Å². The highest BCUT2D eigenvalue weighted by atomic mass is 19.1. The van der Waals surface area contributed by atoms with Gasteiger partial charge in [-0.2, -0.15) is 0 Å². The third kappa shape index (κ3) is 3.60. The molecule has 1 rings (SSSR count). The standard InChI is InChI=1S/C11H16FN3O/c1-15(7-11(14)16)6-9-3-2-8(5-13)4-10(9)12/h2-4H,5-7,13H2,1H3,(H2,14,16). The Bertz CT molecular complexity index is 381. The summed E-state index contributed by atoms with van der Waals surface area (Å²) in [5, 5.41) is 0. The van der Waals surface area contributed by atoms with Crippen LogP contribution in [0.3, 0.4) is 0 Å². The number of halogens is 1. The van der Waals surface area contributed by atoms with Gasteiger partial charge in [0.1, 0.15) is 5.82 Å². The first-order valence-electron chi connectivity index (χ1n) is 4.97. The number of primary amides is 1. The monoisotopic (exact) mass is 225 g/mol. The largest absolute Gasteiger partial charge is 0.369 e. The fraction of sp³-hybridized carbons (Fsp3) is 0.364. The lowest BCUT2D eigenvalue weighted by Crippen LogP contribution is -2.30. The van der Waals surface area contributed by atoms with Gasteiger partial charge in [-0.25, -0.2) is 4.39 Å². The smallest absolute Gasteiger partial charge is 0.231 e. The number of carbonyl (C=O) groups is 1. The first-order valence-corrected chi connectivity index (χ1v) is 4.97. The number of hydrogen-bond donors (Lipinski definition) is 2. The van der Waals surface area contributed by atoms with Crippen LogP contribution < -0.4 is 11.5 Å². The zero-order chi connectivity index (χ0) is 12.1. The minimum atomic E-state index is -0.429. The predicted molar refractivity (Wildman–Crippen MR) is 59.8 cm³/mol. The molecule has 4 N–H and O–H groups in total. The highest BCUT2D eigenvalue weighted by Gasteiger charge is 2.08. The summed E-state index contributed by atoms with van der Waals surface area (Å²) < 4.78 is 13.5. The van der Waals surface area contributed by atoms with E-state index in [1.807, 2.05) is 0 Å². The van der Waals surface area contributed by atoms with Crippen LogP contribution in [-0.2, 0) is 17.9 Å². The van der Waals surface area contributed by atoms with Crippen molar-refractivity contribution in [2.24, 2.45) is 11.5 Å². The van der Waals surface area contributed by atoms with Crippen LogP contribution in [-0.4, -0.2) is 24.4 Å². The molecule has 0 aliphatic rings. The molecular weight excluding hydrogens is 209 g/mol. The third-order valence-electron chi connectivity index (χ3n) is 2.22. The Hall–Kier alpha value is -1.46. The van der Waals surface area contributed by atoms with Gasteiger partial charge in [0.15, 0.2) is 0 Å². The predicted octanol–water partition coefficient (Wildman–Crippen LogP) is 0.201. The van der Waals surface area contributed by atoms with Crippen molar-refractivity contribution >= 4 is 5.91 Å². The fourth-order valence-electron chi connectivity index (χ4n) is 1.46. The number of hydrogen-bond acceptors (Lipinski definition) is 3. The summed E-state index contributed by atoms with van der Waals surface area (Å²) in [6.07, 6.45) is 0. The Balaban J connectivity index is 2.70. The molecule has 0 aliphatic heterocycles. The van der Waals surface area contributed by atoms with Gasteiger partial charge in [0.2, 0.25) is 5.91 Å². The van der Waals surface area contributed by atoms with Gasteiger partial charge in [0.05, 0.1) is 6.54 Å². The van der Waals surface area contributed by atoms with E-state index in [4.69, 9.17) is 11.5 Å². The summed E-state index contributed by atoms with van der Waals surface area (Å²) in [4.78, 5) is 12.3. The molecule has 0 saturated carbocycles. The molecule has 1 aromatic carbocycles. The fourth-order valence-corrected chi connectivity index (χ4v) is 1.46. The molecule has 88 valence electrons. The van der Waals surface area contributed by atoms with Crippen molar-refractivity contribution in [2.75, 3.05) is 13.6 Å². The highest BCUT2D eigenvalue weighted by Crippen LogP contribution is 2.11. The van der Waals surface area contributed by atoms with E-state index in [0.717, 1.165) is 5.56 Å². The summed E-state index contributed by atoms with van der Waals surface area (Å²) in [6.45, 7) is 0.770. The quantitative estimate of drug-likeness (QED) is 0.752. The number of nitrogens with two attached hydrogens (primary N) is 2. The van der Waals surface area contributed by atoms with Crippen LogP contribution in [0.25, 0.3) is 0 Å². The van der Waals surface area contributed by atoms with Gasteiger partial charge in [-0.05, 0) is 18.7 Å². The van der Waals surface area contributed by atoms with Gasteiger partial charge in [-0.1, -0.05) is 12.1 Å². The lowest BCUT2D eigenvalue weighted by molar-refractivity contribution is -0.118. The Morgan fingerprint density at radius 1 is 1.50 bits per heavy atom. The second-order valence-corrected chi connectivity index (χ2v) is 3.77. The van der Waals surface area contributed by atoms with E-state index in [-0.39, 0.29) is 12.4 Å². The van der Waals surface area contributed by atoms with Crippen LogP contribution in [0.1, 0.15) is 11.1 Å². The molecule has 16 heavy (non-hydrogen) atoms. The number of carbonyl (C=O) groups excluding carboxylic acids is 1. The maximum absolute atomic E-state index is 13.5. The van der Waals surface area contributed by atoms with Gasteiger partial charge in [0.25, 0.3) is 0 Å². The first-order chi connectivity index (χ1) is 7.52. The number of nitrogens with zero attached hydrogens (tertiary/aromatic N) is 1. The van der Waals surface area contributed by atoms with Crippen molar-refractivity contribution in [3.05, 3.63) is 35.1 Å². The molecule has 0 saturated heterocycles. The molecule has 0 fully saturated rings. The summed E-state index contributed by atoms with van der Waals surface area (Å²) in [5.74, 6) is -0.735. The van der Waals surface area contributed by atoms with E-state index in [2.05, 4.69) is 0 Å². The summed E-state index contributed by atoms with van der Waals surface area (Å²) in [7, 11) is 1.71. The molecule has 0 heterocycles. The van der Waals surface area contributed by atoms with Gasteiger partial charge < -0.3 is 11.5 Å². The maximum atomic E-state index is 13.5. The van der Waals surface area contributed by atoms with Crippen LogP contribution in [0, 0.1) is 5.82 Å². The molecule has 0 radical (unpaired) electrons. The van der Waals surface area contributed by atoms with Crippen LogP contribution in [0.4, 0.5) is 4.39 Å². The number of likely N-dealkylation sites (N-methyl/N-ethyl adjacent to an activating group) is 1. The highest BCUT2D eigenvalue weighted by molar-refractivity contribution is 5.75. The van der Waals surface area contributed by atoms with E-state index in [0.29, 0.717) is 18.7 Å². The third-order valence-corrected chi connectivity index (χ3v) is 2.22. The maximum Gasteiger partial charge on any atom is 0.231 e. The van der Waals surface area contributed by atoms with E-state index in [1.165, 1.54) is 6.07 Å². The average molecular weight is 225 g/mol. The second kappa shape index (κ2) is 5.58. The molecule has 1 aromatic rings. The molecule has 0 spiro atoms. The topological polar surface area (TPSA) is 72.3 Å². The van der Waals surface area contributed by atoms with Crippen molar-refractivity contribution in [3.8, 4) is 0 Å². The lowest BCUT2D eigenvalue weighted by Gasteiger charge is -2.15. The minimum absolute atomic E-state index is 0.109. The molecule has 0 unspecified atom stereocenters. The zero-order valence-electron chi connectivity index (χ0n) is 9.24. The molecule has 0 aliphatic carbocycles. The Labute approximate surface area is 94.0 Å². The van der Waals surface area contributed by atoms with Crippen LogP contribution >= 0.6 is 0 Å². The molecular formula is C11H16FN3O. The van der Waals surface area contributed by atoms with Gasteiger partial charge >= 0.3 is 0 Å². The average Bonchev–Trinajstić information content (AvgIpc) is 2.19. The first kappa shape index (κ1) is 12.6. The molecule has 0 bridgehead atoms. The summed E-state index contributed by atoms with van der Waals surface area (Å²) in [6, 6.07) is 4.86. The van der Waals surface area contributed by atoms with Crippen LogP contribution in [0.2, 0.25) is 0 Å². The van der Waals surface area contributed by atoms with Gasteiger partial charge in [-0.15, -0.1) is 0 Å². The Morgan fingerprint density at radius 3 is 2.69 bits per heavy atom. The molecule has 0 aromatic heterocycles. The SMILES string of the molecule is CN(CC(N)=O)Cc1ccc(CN)cc1F. The molecule has 5 heteroatoms. The van der Waals surface area contributed by atoms with Crippen LogP contribution in [0.5, 0.6) is 0 Å². The van der Waals surface area contributed by atoms with E-state index < -0.39 is 5.91 Å². The van der Waals surface area contributed by atoms with E-state index in [9.17, 15) is 9.18 Å². The zero-order valence-corrected chi connectivity index (χ0v) is 9.24. The van der Waals surface area contributed by atoms with Gasteiger partial charge in [0, 0.05) is 18.7 Å². The number of benzene rings is 1. The Morgan fingerprint density at radius 2 is 2.19 bits per heavy atom. The molecule has 4 nitrogen and oxygen atoms in total. The lowest BCUT2D eigenvalue weighted by atomic mass is 10.1. The Kier molecular flexibility index (Phi) is 4.39.